The predicted molar refractivity (Wildman–Crippen MR) is 76.3 cm³/mol. The summed E-state index contributed by atoms with van der Waals surface area (Å²) in [5.74, 6) is -0.738. The van der Waals surface area contributed by atoms with Gasteiger partial charge in [0.1, 0.15) is 6.04 Å². The fourth-order valence-electron chi connectivity index (χ4n) is 1.17. The average Bonchev–Trinajstić information content (AvgIpc) is 2.31. The molecule has 0 bridgehead atoms. The smallest absolute Gasteiger partial charge is 0.239 e. The highest BCUT2D eigenvalue weighted by Gasteiger charge is 2.18. The van der Waals surface area contributed by atoms with E-state index in [1.807, 2.05) is 24.3 Å². The Morgan fingerprint density at radius 3 is 2.33 bits per heavy atom. The van der Waals surface area contributed by atoms with Crippen LogP contribution < -0.4 is 11.1 Å². The second-order valence-electron chi connectivity index (χ2n) is 3.85. The second-order valence-corrected chi connectivity index (χ2v) is 6.18. The molecule has 0 aliphatic carbocycles. The molecule has 1 aromatic carbocycles. The normalized spacial score (nSPS) is 13.7. The number of carbonyl (C=O) groups excluding carboxylic acids is 2. The van der Waals surface area contributed by atoms with Crippen molar-refractivity contribution in [2.24, 2.45) is 5.73 Å². The Morgan fingerprint density at radius 1 is 1.28 bits per heavy atom. The highest BCUT2D eigenvalue weighted by atomic mass is 79.9. The molecule has 2 amide bonds. The molecule has 18 heavy (non-hydrogen) atoms. The van der Waals surface area contributed by atoms with Gasteiger partial charge in [0, 0.05) is 9.37 Å². The molecular formula is C12H15BrN2O2S. The summed E-state index contributed by atoms with van der Waals surface area (Å²) >= 11 is 4.78. The van der Waals surface area contributed by atoms with Crippen LogP contribution in [0.2, 0.25) is 0 Å². The van der Waals surface area contributed by atoms with Crippen LogP contribution in [0.5, 0.6) is 0 Å². The van der Waals surface area contributed by atoms with Gasteiger partial charge in [-0.2, -0.15) is 0 Å². The van der Waals surface area contributed by atoms with Gasteiger partial charge in [0.05, 0.1) is 5.25 Å². The molecule has 0 aromatic heterocycles. The summed E-state index contributed by atoms with van der Waals surface area (Å²) < 4.78 is 0.992. The van der Waals surface area contributed by atoms with Crippen molar-refractivity contribution >= 4 is 39.5 Å². The number of nitrogens with two attached hydrogens (primary N) is 1. The number of halogens is 1. The molecule has 2 atom stereocenters. The standard InChI is InChI=1S/C12H15BrN2O2S/c1-7(11(14)16)15-12(17)8(2)18-10-5-3-9(13)4-6-10/h3-8H,1-2H3,(H2,14,16)(H,15,17)/t7-,8+/m0/s1. The minimum absolute atomic E-state index is 0.200. The number of primary amides is 1. The highest BCUT2D eigenvalue weighted by Crippen LogP contribution is 2.24. The van der Waals surface area contributed by atoms with Gasteiger partial charge < -0.3 is 11.1 Å². The molecular weight excluding hydrogens is 316 g/mol. The highest BCUT2D eigenvalue weighted by molar-refractivity contribution is 9.10. The summed E-state index contributed by atoms with van der Waals surface area (Å²) in [4.78, 5) is 23.6. The zero-order chi connectivity index (χ0) is 13.7. The van der Waals surface area contributed by atoms with E-state index in [2.05, 4.69) is 21.2 Å². The molecule has 3 N–H and O–H groups in total. The van der Waals surface area contributed by atoms with Crippen molar-refractivity contribution in [3.63, 3.8) is 0 Å². The van der Waals surface area contributed by atoms with Crippen LogP contribution in [0.3, 0.4) is 0 Å². The number of rotatable bonds is 5. The molecule has 0 fully saturated rings. The van der Waals surface area contributed by atoms with Gasteiger partial charge in [-0.3, -0.25) is 9.59 Å². The van der Waals surface area contributed by atoms with Gasteiger partial charge in [-0.25, -0.2) is 0 Å². The number of hydrogen-bond acceptors (Lipinski definition) is 3. The van der Waals surface area contributed by atoms with Crippen LogP contribution in [0.15, 0.2) is 33.6 Å². The first kappa shape index (κ1) is 15.0. The van der Waals surface area contributed by atoms with Gasteiger partial charge >= 0.3 is 0 Å². The van der Waals surface area contributed by atoms with E-state index in [9.17, 15) is 9.59 Å². The Labute approximate surface area is 119 Å². The van der Waals surface area contributed by atoms with Crippen LogP contribution >= 0.6 is 27.7 Å². The van der Waals surface area contributed by atoms with Crippen LogP contribution in [0.25, 0.3) is 0 Å². The fourth-order valence-corrected chi connectivity index (χ4v) is 2.31. The maximum atomic E-state index is 11.8. The molecule has 0 aliphatic heterocycles. The molecule has 6 heteroatoms. The van der Waals surface area contributed by atoms with Crippen LogP contribution in [0.4, 0.5) is 0 Å². The summed E-state index contributed by atoms with van der Waals surface area (Å²) in [6.07, 6.45) is 0. The number of benzene rings is 1. The second kappa shape index (κ2) is 6.80. The molecule has 0 radical (unpaired) electrons. The maximum Gasteiger partial charge on any atom is 0.239 e. The number of thioether (sulfide) groups is 1. The maximum absolute atomic E-state index is 11.8. The number of hydrogen-bond donors (Lipinski definition) is 2. The molecule has 0 aliphatic rings. The Balaban J connectivity index is 2.54. The molecule has 0 unspecified atom stereocenters. The van der Waals surface area contributed by atoms with Crippen molar-refractivity contribution in [2.45, 2.75) is 30.0 Å². The SMILES string of the molecule is C[C@H](NC(=O)[C@@H](C)Sc1ccc(Br)cc1)C(N)=O. The summed E-state index contributed by atoms with van der Waals surface area (Å²) in [7, 11) is 0. The first-order chi connectivity index (χ1) is 8.40. The zero-order valence-electron chi connectivity index (χ0n) is 10.1. The van der Waals surface area contributed by atoms with Crippen molar-refractivity contribution < 1.29 is 9.59 Å². The van der Waals surface area contributed by atoms with Crippen LogP contribution in [0.1, 0.15) is 13.8 Å². The monoisotopic (exact) mass is 330 g/mol. The summed E-state index contributed by atoms with van der Waals surface area (Å²) in [6, 6.07) is 7.04. The van der Waals surface area contributed by atoms with Crippen LogP contribution in [0, 0.1) is 0 Å². The van der Waals surface area contributed by atoms with Crippen LogP contribution in [-0.4, -0.2) is 23.1 Å². The minimum atomic E-state index is -0.648. The van der Waals surface area contributed by atoms with E-state index in [-0.39, 0.29) is 11.2 Å². The third-order valence-electron chi connectivity index (χ3n) is 2.28. The molecule has 0 spiro atoms. The largest absolute Gasteiger partial charge is 0.368 e. The van der Waals surface area contributed by atoms with Crippen molar-refractivity contribution in [2.75, 3.05) is 0 Å². The van der Waals surface area contributed by atoms with E-state index in [0.717, 1.165) is 9.37 Å². The van der Waals surface area contributed by atoms with E-state index in [4.69, 9.17) is 5.73 Å². The summed E-state index contributed by atoms with van der Waals surface area (Å²) in [6.45, 7) is 3.35. The number of carbonyl (C=O) groups is 2. The van der Waals surface area contributed by atoms with E-state index in [1.165, 1.54) is 11.8 Å². The van der Waals surface area contributed by atoms with E-state index < -0.39 is 11.9 Å². The topological polar surface area (TPSA) is 72.2 Å². The number of nitrogens with one attached hydrogen (secondary N) is 1. The summed E-state index contributed by atoms with van der Waals surface area (Å²) in [5, 5.41) is 2.28. The third kappa shape index (κ3) is 4.70. The van der Waals surface area contributed by atoms with E-state index in [0.29, 0.717) is 0 Å². The van der Waals surface area contributed by atoms with Gasteiger partial charge in [0.25, 0.3) is 0 Å². The lowest BCUT2D eigenvalue weighted by molar-refractivity contribution is -0.126. The zero-order valence-corrected chi connectivity index (χ0v) is 12.5. The van der Waals surface area contributed by atoms with Gasteiger partial charge in [-0.15, -0.1) is 11.8 Å². The first-order valence-corrected chi connectivity index (χ1v) is 7.09. The molecule has 4 nitrogen and oxygen atoms in total. The number of amides is 2. The minimum Gasteiger partial charge on any atom is -0.368 e. The first-order valence-electron chi connectivity index (χ1n) is 5.42. The van der Waals surface area contributed by atoms with Gasteiger partial charge in [0.15, 0.2) is 0 Å². The Hall–Kier alpha value is -1.01. The Bertz CT molecular complexity index is 436. The van der Waals surface area contributed by atoms with Crippen molar-refractivity contribution in [3.05, 3.63) is 28.7 Å². The van der Waals surface area contributed by atoms with Crippen molar-refractivity contribution in [3.8, 4) is 0 Å². The molecule has 0 saturated heterocycles. The van der Waals surface area contributed by atoms with E-state index in [1.54, 1.807) is 13.8 Å². The fraction of sp³-hybridized carbons (Fsp3) is 0.333. The Morgan fingerprint density at radius 2 is 1.83 bits per heavy atom. The molecule has 1 rings (SSSR count). The molecule has 0 heterocycles. The molecule has 0 saturated carbocycles. The Kier molecular flexibility index (Phi) is 5.68. The van der Waals surface area contributed by atoms with Crippen molar-refractivity contribution in [1.29, 1.82) is 0 Å². The van der Waals surface area contributed by atoms with Crippen molar-refractivity contribution in [1.82, 2.24) is 5.32 Å². The lowest BCUT2D eigenvalue weighted by Crippen LogP contribution is -2.44. The van der Waals surface area contributed by atoms with Crippen LogP contribution in [-0.2, 0) is 9.59 Å². The van der Waals surface area contributed by atoms with Gasteiger partial charge in [-0.05, 0) is 38.1 Å². The van der Waals surface area contributed by atoms with E-state index >= 15 is 0 Å². The molecule has 1 aromatic rings. The lowest BCUT2D eigenvalue weighted by Gasteiger charge is -2.15. The quantitative estimate of drug-likeness (QED) is 0.810. The summed E-state index contributed by atoms with van der Waals surface area (Å²) in [5.41, 5.74) is 5.09. The third-order valence-corrected chi connectivity index (χ3v) is 3.92. The van der Waals surface area contributed by atoms with Gasteiger partial charge in [-0.1, -0.05) is 15.9 Å². The molecule has 98 valence electrons. The lowest BCUT2D eigenvalue weighted by atomic mass is 10.3. The van der Waals surface area contributed by atoms with Gasteiger partial charge in [0.2, 0.25) is 11.8 Å². The average molecular weight is 331 g/mol. The predicted octanol–water partition coefficient (Wildman–Crippen LogP) is 1.92.